The molecule has 3 aromatic carbocycles. The van der Waals surface area contributed by atoms with E-state index in [4.69, 9.17) is 0 Å². The van der Waals surface area contributed by atoms with Crippen molar-refractivity contribution in [1.29, 1.82) is 0 Å². The minimum Gasteiger partial charge on any atom is -0.355 e. The number of hydrogen-bond acceptors (Lipinski definition) is 4. The minimum atomic E-state index is -1.19. The van der Waals surface area contributed by atoms with Gasteiger partial charge in [0.05, 0.1) is 11.3 Å². The first-order valence-electron chi connectivity index (χ1n) is 10.3. The number of anilines is 3. The van der Waals surface area contributed by atoms with Crippen LogP contribution in [-0.4, -0.2) is 17.8 Å². The number of imide groups is 1. The van der Waals surface area contributed by atoms with Crippen LogP contribution in [-0.2, 0) is 10.3 Å². The van der Waals surface area contributed by atoms with Crippen molar-refractivity contribution in [2.45, 2.75) is 26.3 Å². The predicted octanol–water partition coefficient (Wildman–Crippen LogP) is 4.35. The van der Waals surface area contributed by atoms with Crippen LogP contribution in [0.15, 0.2) is 66.7 Å². The average molecular weight is 428 g/mol. The van der Waals surface area contributed by atoms with E-state index in [1.165, 1.54) is 0 Å². The molecule has 1 atom stereocenters. The molecule has 4 rings (SSSR count). The molecule has 4 amide bonds. The second kappa shape index (κ2) is 8.19. The molecule has 1 fully saturated rings. The van der Waals surface area contributed by atoms with Gasteiger partial charge in [0, 0.05) is 11.4 Å². The number of nitrogens with one attached hydrogen (secondary N) is 4. The molecule has 1 aliphatic rings. The maximum atomic E-state index is 13.1. The van der Waals surface area contributed by atoms with Crippen molar-refractivity contribution in [2.75, 3.05) is 10.6 Å². The highest BCUT2D eigenvalue weighted by Gasteiger charge is 2.43. The maximum Gasteiger partial charge on any atom is 0.322 e. The number of aryl methyl sites for hydroxylation is 1. The van der Waals surface area contributed by atoms with E-state index < -0.39 is 17.5 Å². The number of urea groups is 1. The second-order valence-corrected chi connectivity index (χ2v) is 7.99. The SMILES string of the molecule is Cc1cccc(Nc2ccccc2C(=O)Nc2cccc(C3(C)NC(=O)NC3=O)c2)c1C. The summed E-state index contributed by atoms with van der Waals surface area (Å²) in [6, 6.07) is 19.6. The molecular formula is C25H24N4O3. The zero-order chi connectivity index (χ0) is 22.9. The normalized spacial score (nSPS) is 17.5. The molecule has 1 unspecified atom stereocenters. The van der Waals surface area contributed by atoms with Gasteiger partial charge >= 0.3 is 6.03 Å². The summed E-state index contributed by atoms with van der Waals surface area (Å²) in [5.74, 6) is -0.727. The topological polar surface area (TPSA) is 99.3 Å². The summed E-state index contributed by atoms with van der Waals surface area (Å²) in [4.78, 5) is 36.9. The molecule has 7 heteroatoms. The average Bonchev–Trinajstić information content (AvgIpc) is 3.04. The fourth-order valence-electron chi connectivity index (χ4n) is 3.67. The van der Waals surface area contributed by atoms with Crippen LogP contribution in [0.5, 0.6) is 0 Å². The Hall–Kier alpha value is -4.13. The van der Waals surface area contributed by atoms with Gasteiger partial charge in [-0.2, -0.15) is 0 Å². The van der Waals surface area contributed by atoms with Crippen LogP contribution in [0.1, 0.15) is 34.0 Å². The Labute approximate surface area is 186 Å². The van der Waals surface area contributed by atoms with Gasteiger partial charge in [0.25, 0.3) is 11.8 Å². The molecule has 162 valence electrons. The van der Waals surface area contributed by atoms with Crippen molar-refractivity contribution in [2.24, 2.45) is 0 Å². The molecule has 1 saturated heterocycles. The van der Waals surface area contributed by atoms with Gasteiger partial charge in [0.2, 0.25) is 0 Å². The van der Waals surface area contributed by atoms with E-state index in [2.05, 4.69) is 21.3 Å². The molecule has 32 heavy (non-hydrogen) atoms. The third-order valence-electron chi connectivity index (χ3n) is 5.79. The van der Waals surface area contributed by atoms with Crippen molar-refractivity contribution in [3.8, 4) is 0 Å². The molecule has 0 aromatic heterocycles. The second-order valence-electron chi connectivity index (χ2n) is 7.99. The van der Waals surface area contributed by atoms with E-state index in [9.17, 15) is 14.4 Å². The number of hydrogen-bond donors (Lipinski definition) is 4. The standard InChI is InChI=1S/C25H24N4O3/c1-15-8-6-13-20(16(15)2)27-21-12-5-4-11-19(21)22(30)26-18-10-7-9-17(14-18)25(3)23(31)28-24(32)29-25/h4-14,27H,1-3H3,(H,26,30)(H2,28,29,31,32). The molecule has 0 aliphatic carbocycles. The van der Waals surface area contributed by atoms with E-state index in [1.54, 1.807) is 43.3 Å². The van der Waals surface area contributed by atoms with Crippen LogP contribution in [0.25, 0.3) is 0 Å². The Bertz CT molecular complexity index is 1240. The number of carbonyl (C=O) groups excluding carboxylic acids is 3. The summed E-state index contributed by atoms with van der Waals surface area (Å²) in [7, 11) is 0. The molecular weight excluding hydrogens is 404 g/mol. The number of benzene rings is 3. The van der Waals surface area contributed by atoms with Gasteiger partial charge in [-0.25, -0.2) is 4.79 Å². The van der Waals surface area contributed by atoms with E-state index in [1.807, 2.05) is 44.2 Å². The number of amides is 4. The summed E-state index contributed by atoms with van der Waals surface area (Å²) < 4.78 is 0. The van der Waals surface area contributed by atoms with Gasteiger partial charge in [-0.1, -0.05) is 36.4 Å². The summed E-state index contributed by atoms with van der Waals surface area (Å²) in [6.07, 6.45) is 0. The predicted molar refractivity (Wildman–Crippen MR) is 124 cm³/mol. The molecule has 0 saturated carbocycles. The Morgan fingerprint density at radius 1 is 0.906 bits per heavy atom. The van der Waals surface area contributed by atoms with Gasteiger partial charge in [0.1, 0.15) is 5.54 Å². The Morgan fingerprint density at radius 2 is 1.62 bits per heavy atom. The molecule has 1 heterocycles. The highest BCUT2D eigenvalue weighted by molar-refractivity contribution is 6.09. The van der Waals surface area contributed by atoms with Crippen molar-refractivity contribution >= 4 is 34.9 Å². The van der Waals surface area contributed by atoms with Gasteiger partial charge < -0.3 is 16.0 Å². The van der Waals surface area contributed by atoms with E-state index in [0.717, 1.165) is 16.8 Å². The smallest absolute Gasteiger partial charge is 0.322 e. The first-order chi connectivity index (χ1) is 15.3. The van der Waals surface area contributed by atoms with Crippen LogP contribution in [0.3, 0.4) is 0 Å². The Balaban J connectivity index is 1.59. The molecule has 4 N–H and O–H groups in total. The van der Waals surface area contributed by atoms with Crippen LogP contribution < -0.4 is 21.3 Å². The van der Waals surface area contributed by atoms with E-state index in [0.29, 0.717) is 22.5 Å². The summed E-state index contributed by atoms with van der Waals surface area (Å²) in [6.45, 7) is 5.70. The largest absolute Gasteiger partial charge is 0.355 e. The van der Waals surface area contributed by atoms with Crippen molar-refractivity contribution in [1.82, 2.24) is 10.6 Å². The summed E-state index contributed by atoms with van der Waals surface area (Å²) in [5.41, 5.74) is 4.26. The van der Waals surface area contributed by atoms with Crippen LogP contribution in [0, 0.1) is 13.8 Å². The number of rotatable bonds is 5. The molecule has 3 aromatic rings. The zero-order valence-electron chi connectivity index (χ0n) is 18.1. The highest BCUT2D eigenvalue weighted by atomic mass is 16.2. The lowest BCUT2D eigenvalue weighted by Gasteiger charge is -2.22. The highest BCUT2D eigenvalue weighted by Crippen LogP contribution is 2.28. The monoisotopic (exact) mass is 428 g/mol. The zero-order valence-corrected chi connectivity index (χ0v) is 18.1. The number of para-hydroxylation sites is 1. The lowest BCUT2D eigenvalue weighted by molar-refractivity contribution is -0.123. The van der Waals surface area contributed by atoms with Gasteiger partial charge in [-0.05, 0) is 67.8 Å². The van der Waals surface area contributed by atoms with E-state index in [-0.39, 0.29) is 5.91 Å². The van der Waals surface area contributed by atoms with E-state index >= 15 is 0 Å². The molecule has 0 radical (unpaired) electrons. The van der Waals surface area contributed by atoms with Crippen molar-refractivity contribution < 1.29 is 14.4 Å². The Kier molecular flexibility index (Phi) is 5.40. The Morgan fingerprint density at radius 3 is 2.38 bits per heavy atom. The van der Waals surface area contributed by atoms with Crippen molar-refractivity contribution in [3.63, 3.8) is 0 Å². The molecule has 0 bridgehead atoms. The number of carbonyl (C=O) groups is 3. The third kappa shape index (κ3) is 3.92. The first kappa shape index (κ1) is 21.1. The summed E-state index contributed by atoms with van der Waals surface area (Å²) >= 11 is 0. The quantitative estimate of drug-likeness (QED) is 0.454. The van der Waals surface area contributed by atoms with Gasteiger partial charge in [-0.15, -0.1) is 0 Å². The maximum absolute atomic E-state index is 13.1. The van der Waals surface area contributed by atoms with Crippen molar-refractivity contribution in [3.05, 3.63) is 89.0 Å². The molecule has 0 spiro atoms. The molecule has 1 aliphatic heterocycles. The van der Waals surface area contributed by atoms with Crippen LogP contribution >= 0.6 is 0 Å². The lowest BCUT2D eigenvalue weighted by Crippen LogP contribution is -2.40. The first-order valence-corrected chi connectivity index (χ1v) is 10.3. The van der Waals surface area contributed by atoms with Gasteiger partial charge in [-0.3, -0.25) is 14.9 Å². The third-order valence-corrected chi connectivity index (χ3v) is 5.79. The summed E-state index contributed by atoms with van der Waals surface area (Å²) in [5, 5.41) is 11.1. The van der Waals surface area contributed by atoms with Crippen LogP contribution in [0.4, 0.5) is 21.9 Å². The minimum absolute atomic E-state index is 0.291. The fraction of sp³-hybridized carbons (Fsp3) is 0.160. The lowest BCUT2D eigenvalue weighted by atomic mass is 9.92. The van der Waals surface area contributed by atoms with Crippen LogP contribution in [0.2, 0.25) is 0 Å². The fourth-order valence-corrected chi connectivity index (χ4v) is 3.67. The van der Waals surface area contributed by atoms with Gasteiger partial charge in [0.15, 0.2) is 0 Å². The molecule has 7 nitrogen and oxygen atoms in total.